The number of hydrogen-bond donors (Lipinski definition) is 1. The Hall–Kier alpha value is -3.61. The third kappa shape index (κ3) is 3.22. The first-order chi connectivity index (χ1) is 14.6. The smallest absolute Gasteiger partial charge is 0.258 e. The number of aromatic nitrogens is 3. The summed E-state index contributed by atoms with van der Waals surface area (Å²) in [6, 6.07) is 15.8. The van der Waals surface area contributed by atoms with Crippen LogP contribution < -0.4 is 4.74 Å². The van der Waals surface area contributed by atoms with Crippen molar-refractivity contribution in [3.8, 4) is 17.2 Å². The molecule has 7 heteroatoms. The van der Waals surface area contributed by atoms with Crippen LogP contribution in [-0.2, 0) is 4.79 Å². The summed E-state index contributed by atoms with van der Waals surface area (Å²) in [6.07, 6.45) is 2.28. The first-order valence-corrected chi connectivity index (χ1v) is 9.97. The van der Waals surface area contributed by atoms with Crippen LogP contribution in [0.25, 0.3) is 22.4 Å². The Morgan fingerprint density at radius 2 is 2.03 bits per heavy atom. The van der Waals surface area contributed by atoms with Crippen LogP contribution in [-0.4, -0.2) is 39.6 Å². The van der Waals surface area contributed by atoms with Gasteiger partial charge in [0.25, 0.3) is 5.89 Å². The second-order valence-electron chi connectivity index (χ2n) is 7.63. The molecule has 0 saturated carbocycles. The van der Waals surface area contributed by atoms with Crippen LogP contribution in [0.3, 0.4) is 0 Å². The topological polar surface area (TPSA) is 84.2 Å². The Kier molecular flexibility index (Phi) is 4.50. The summed E-state index contributed by atoms with van der Waals surface area (Å²) in [5, 5.41) is 5.30. The van der Waals surface area contributed by atoms with E-state index in [0.717, 1.165) is 27.8 Å². The van der Waals surface area contributed by atoms with Crippen molar-refractivity contribution in [2.75, 3.05) is 13.7 Å². The molecule has 2 atom stereocenters. The third-order valence-corrected chi connectivity index (χ3v) is 5.83. The van der Waals surface area contributed by atoms with E-state index in [9.17, 15) is 4.79 Å². The first-order valence-electron chi connectivity index (χ1n) is 9.97. The Balaban J connectivity index is 1.34. The van der Waals surface area contributed by atoms with E-state index in [1.165, 1.54) is 0 Å². The molecule has 1 aliphatic rings. The molecule has 0 radical (unpaired) electrons. The molecule has 1 saturated heterocycles. The molecule has 1 N–H and O–H groups in total. The summed E-state index contributed by atoms with van der Waals surface area (Å²) in [5.41, 5.74) is 2.94. The number of hydrogen-bond acceptors (Lipinski definition) is 5. The molecule has 4 aromatic rings. The van der Waals surface area contributed by atoms with Crippen molar-refractivity contribution in [2.45, 2.75) is 25.3 Å². The maximum Gasteiger partial charge on any atom is 0.258 e. The lowest BCUT2D eigenvalue weighted by atomic mass is 10.1. The van der Waals surface area contributed by atoms with E-state index in [0.29, 0.717) is 24.7 Å². The molecule has 0 aliphatic carbocycles. The second kappa shape index (κ2) is 7.33. The zero-order chi connectivity index (χ0) is 20.7. The molecule has 7 nitrogen and oxygen atoms in total. The predicted molar refractivity (Wildman–Crippen MR) is 112 cm³/mol. The molecule has 5 rings (SSSR count). The number of fused-ring (bicyclic) bond motifs is 1. The number of nitrogens with one attached hydrogen (secondary N) is 1. The highest BCUT2D eigenvalue weighted by Gasteiger charge is 2.36. The van der Waals surface area contributed by atoms with Gasteiger partial charge in [-0.05, 0) is 48.2 Å². The molecule has 152 valence electrons. The SMILES string of the molecule is COc1ccc(C(C)N2CC(c3noc(-c4ccc5cc[nH]c5c4)n3)CC2=O)cc1. The van der Waals surface area contributed by atoms with Crippen LogP contribution in [0.5, 0.6) is 5.75 Å². The van der Waals surface area contributed by atoms with Gasteiger partial charge in [0, 0.05) is 36.2 Å². The fraction of sp³-hybridized carbons (Fsp3) is 0.261. The van der Waals surface area contributed by atoms with E-state index in [1.807, 2.05) is 66.6 Å². The average molecular weight is 402 g/mol. The van der Waals surface area contributed by atoms with Crippen molar-refractivity contribution in [3.63, 3.8) is 0 Å². The van der Waals surface area contributed by atoms with Crippen LogP contribution >= 0.6 is 0 Å². The van der Waals surface area contributed by atoms with Gasteiger partial charge in [0.2, 0.25) is 5.91 Å². The van der Waals surface area contributed by atoms with E-state index < -0.39 is 0 Å². The lowest BCUT2D eigenvalue weighted by Crippen LogP contribution is -2.28. The summed E-state index contributed by atoms with van der Waals surface area (Å²) in [4.78, 5) is 22.4. The molecule has 1 amide bonds. The van der Waals surface area contributed by atoms with Gasteiger partial charge in [0.1, 0.15) is 5.75 Å². The number of ether oxygens (including phenoxy) is 1. The van der Waals surface area contributed by atoms with Crippen LogP contribution in [0.4, 0.5) is 0 Å². The van der Waals surface area contributed by atoms with Gasteiger partial charge in [0.05, 0.1) is 13.2 Å². The lowest BCUT2D eigenvalue weighted by molar-refractivity contribution is -0.129. The van der Waals surface area contributed by atoms with Crippen molar-refractivity contribution in [3.05, 3.63) is 66.1 Å². The van der Waals surface area contributed by atoms with Crippen molar-refractivity contribution < 1.29 is 14.1 Å². The van der Waals surface area contributed by atoms with E-state index in [1.54, 1.807) is 7.11 Å². The number of nitrogens with zero attached hydrogens (tertiary/aromatic N) is 3. The molecule has 1 fully saturated rings. The van der Waals surface area contributed by atoms with Gasteiger partial charge in [-0.25, -0.2) is 0 Å². The van der Waals surface area contributed by atoms with Gasteiger partial charge < -0.3 is 19.1 Å². The van der Waals surface area contributed by atoms with Crippen LogP contribution in [0.2, 0.25) is 0 Å². The number of aromatic amines is 1. The van der Waals surface area contributed by atoms with Gasteiger partial charge >= 0.3 is 0 Å². The molecular formula is C23H22N4O3. The molecule has 30 heavy (non-hydrogen) atoms. The second-order valence-corrected chi connectivity index (χ2v) is 7.63. The van der Waals surface area contributed by atoms with Gasteiger partial charge in [0.15, 0.2) is 5.82 Å². The fourth-order valence-electron chi connectivity index (χ4n) is 4.04. The van der Waals surface area contributed by atoms with E-state index in [-0.39, 0.29) is 17.9 Å². The Bertz CT molecular complexity index is 1190. The molecule has 0 bridgehead atoms. The van der Waals surface area contributed by atoms with E-state index in [4.69, 9.17) is 9.26 Å². The molecule has 1 aliphatic heterocycles. The molecule has 2 aromatic carbocycles. The van der Waals surface area contributed by atoms with E-state index in [2.05, 4.69) is 15.1 Å². The molecule has 2 unspecified atom stereocenters. The number of carbonyl (C=O) groups excluding carboxylic acids is 1. The third-order valence-electron chi connectivity index (χ3n) is 5.83. The lowest BCUT2D eigenvalue weighted by Gasteiger charge is -2.25. The van der Waals surface area contributed by atoms with Crippen molar-refractivity contribution in [1.82, 2.24) is 20.0 Å². The van der Waals surface area contributed by atoms with E-state index >= 15 is 0 Å². The molecule has 3 heterocycles. The molecular weight excluding hydrogens is 380 g/mol. The van der Waals surface area contributed by atoms with Crippen molar-refractivity contribution >= 4 is 16.8 Å². The first kappa shape index (κ1) is 18.4. The van der Waals surface area contributed by atoms with Crippen LogP contribution in [0, 0.1) is 0 Å². The minimum absolute atomic E-state index is 0.0323. The van der Waals surface area contributed by atoms with Gasteiger partial charge in [-0.3, -0.25) is 4.79 Å². The summed E-state index contributed by atoms with van der Waals surface area (Å²) >= 11 is 0. The Labute approximate surface area is 173 Å². The Morgan fingerprint density at radius 3 is 2.83 bits per heavy atom. The van der Waals surface area contributed by atoms with Gasteiger partial charge in [-0.2, -0.15) is 4.98 Å². The minimum atomic E-state index is -0.0788. The normalized spacial score (nSPS) is 17.6. The highest BCUT2D eigenvalue weighted by atomic mass is 16.5. The fourth-order valence-corrected chi connectivity index (χ4v) is 4.04. The summed E-state index contributed by atoms with van der Waals surface area (Å²) in [6.45, 7) is 2.61. The number of methoxy groups -OCH3 is 1. The summed E-state index contributed by atoms with van der Waals surface area (Å²) < 4.78 is 10.7. The number of carbonyl (C=O) groups is 1. The van der Waals surface area contributed by atoms with Crippen LogP contribution in [0.15, 0.2) is 59.3 Å². The maximum absolute atomic E-state index is 12.7. The molecule has 2 aromatic heterocycles. The number of likely N-dealkylation sites (tertiary alicyclic amines) is 1. The van der Waals surface area contributed by atoms with Crippen LogP contribution in [0.1, 0.15) is 36.7 Å². The van der Waals surface area contributed by atoms with Gasteiger partial charge in [-0.15, -0.1) is 0 Å². The quantitative estimate of drug-likeness (QED) is 0.538. The molecule has 0 spiro atoms. The number of amides is 1. The van der Waals surface area contributed by atoms with Gasteiger partial charge in [-0.1, -0.05) is 23.4 Å². The standard InChI is InChI=1S/C23H22N4O3/c1-14(15-5-7-19(29-2)8-6-15)27-13-18(12-21(27)28)22-25-23(30-26-22)17-4-3-16-9-10-24-20(16)11-17/h3-11,14,18,24H,12-13H2,1-2H3. The number of H-pyrrole nitrogens is 1. The predicted octanol–water partition coefficient (Wildman–Crippen LogP) is 4.30. The summed E-state index contributed by atoms with van der Waals surface area (Å²) in [5.74, 6) is 1.87. The zero-order valence-electron chi connectivity index (χ0n) is 16.8. The Morgan fingerprint density at radius 1 is 1.20 bits per heavy atom. The maximum atomic E-state index is 12.7. The average Bonchev–Trinajstić information content (AvgIpc) is 3.52. The largest absolute Gasteiger partial charge is 0.497 e. The monoisotopic (exact) mass is 402 g/mol. The number of benzene rings is 2. The van der Waals surface area contributed by atoms with Crippen molar-refractivity contribution in [1.29, 1.82) is 0 Å². The summed E-state index contributed by atoms with van der Waals surface area (Å²) in [7, 11) is 1.64. The highest BCUT2D eigenvalue weighted by Crippen LogP contribution is 2.34. The zero-order valence-corrected chi connectivity index (χ0v) is 16.8. The minimum Gasteiger partial charge on any atom is -0.497 e. The van der Waals surface area contributed by atoms with Crippen molar-refractivity contribution in [2.24, 2.45) is 0 Å². The highest BCUT2D eigenvalue weighted by molar-refractivity contribution is 5.83. The number of rotatable bonds is 5.